The van der Waals surface area contributed by atoms with Gasteiger partial charge in [0, 0.05) is 69.7 Å². The third-order valence-corrected chi connectivity index (χ3v) is 9.19. The van der Waals surface area contributed by atoms with E-state index in [0.717, 1.165) is 48.3 Å². The Balaban J connectivity index is 1.05. The molecular formula is C32H31Cl2FN6OS. The largest absolute Gasteiger partial charge is 0.367 e. The van der Waals surface area contributed by atoms with Gasteiger partial charge in [0.1, 0.15) is 16.8 Å². The predicted octanol–water partition coefficient (Wildman–Crippen LogP) is 6.50. The van der Waals surface area contributed by atoms with Crippen molar-refractivity contribution in [3.8, 4) is 0 Å². The molecule has 7 nitrogen and oxygen atoms in total. The molecule has 0 bridgehead atoms. The summed E-state index contributed by atoms with van der Waals surface area (Å²) in [5, 5.41) is 1.75. The highest BCUT2D eigenvalue weighted by Gasteiger charge is 2.24. The molecule has 43 heavy (non-hydrogen) atoms. The summed E-state index contributed by atoms with van der Waals surface area (Å²) in [4.78, 5) is 30.9. The molecule has 1 amide bonds. The molecule has 11 heteroatoms. The summed E-state index contributed by atoms with van der Waals surface area (Å²) in [5.41, 5.74) is 3.27. The number of aromatic nitrogens is 2. The standard InChI is InChI=1S/C32H31Cl2FN6OS/c33-25-8-1-3-10-27(25)38-12-16-40(17-13-38)30-21-29(34)36-32(37-30)43-22-23-6-5-7-24(20-23)31(42)41-18-14-39(15-19-41)28-11-4-2-9-26(28)35/h1-11,20-21H,12-19,22H2. The van der Waals surface area contributed by atoms with E-state index < -0.39 is 0 Å². The van der Waals surface area contributed by atoms with Gasteiger partial charge < -0.3 is 19.6 Å². The molecule has 0 saturated carbocycles. The molecule has 0 unspecified atom stereocenters. The van der Waals surface area contributed by atoms with Crippen molar-refractivity contribution in [2.75, 3.05) is 67.1 Å². The van der Waals surface area contributed by atoms with Gasteiger partial charge in [0.25, 0.3) is 5.91 Å². The fourth-order valence-electron chi connectivity index (χ4n) is 5.48. The molecule has 6 rings (SSSR count). The van der Waals surface area contributed by atoms with Gasteiger partial charge >= 0.3 is 0 Å². The number of hydrogen-bond acceptors (Lipinski definition) is 7. The highest BCUT2D eigenvalue weighted by molar-refractivity contribution is 7.98. The first-order chi connectivity index (χ1) is 20.9. The molecule has 3 heterocycles. The zero-order valence-corrected chi connectivity index (χ0v) is 25.8. The van der Waals surface area contributed by atoms with Gasteiger partial charge in [0.2, 0.25) is 0 Å². The minimum Gasteiger partial charge on any atom is -0.367 e. The first-order valence-electron chi connectivity index (χ1n) is 14.2. The van der Waals surface area contributed by atoms with E-state index in [2.05, 4.69) is 14.8 Å². The second-order valence-electron chi connectivity index (χ2n) is 10.5. The minimum atomic E-state index is -0.237. The predicted molar refractivity (Wildman–Crippen MR) is 173 cm³/mol. The Labute approximate surface area is 265 Å². The van der Waals surface area contributed by atoms with Crippen LogP contribution in [0.25, 0.3) is 0 Å². The second-order valence-corrected chi connectivity index (χ2v) is 12.2. The molecule has 2 aliphatic heterocycles. The maximum Gasteiger partial charge on any atom is 0.253 e. The quantitative estimate of drug-likeness (QED) is 0.130. The number of thioether (sulfide) groups is 1. The van der Waals surface area contributed by atoms with E-state index in [0.29, 0.717) is 53.5 Å². The summed E-state index contributed by atoms with van der Waals surface area (Å²) in [6.45, 7) is 5.50. The Kier molecular flexibility index (Phi) is 9.21. The van der Waals surface area contributed by atoms with E-state index in [1.807, 2.05) is 70.5 Å². The Morgan fingerprint density at radius 2 is 1.40 bits per heavy atom. The van der Waals surface area contributed by atoms with Crippen molar-refractivity contribution in [3.63, 3.8) is 0 Å². The van der Waals surface area contributed by atoms with Gasteiger partial charge in [-0.15, -0.1) is 0 Å². The van der Waals surface area contributed by atoms with Crippen molar-refractivity contribution in [2.24, 2.45) is 0 Å². The zero-order valence-electron chi connectivity index (χ0n) is 23.5. The average molecular weight is 638 g/mol. The van der Waals surface area contributed by atoms with Crippen LogP contribution in [0.5, 0.6) is 0 Å². The fraction of sp³-hybridized carbons (Fsp3) is 0.281. The molecule has 4 aromatic rings. The minimum absolute atomic E-state index is 0.0164. The molecule has 2 saturated heterocycles. The Morgan fingerprint density at radius 1 is 0.744 bits per heavy atom. The van der Waals surface area contributed by atoms with Gasteiger partial charge in [-0.2, -0.15) is 0 Å². The van der Waals surface area contributed by atoms with E-state index in [1.165, 1.54) is 17.8 Å². The maximum atomic E-state index is 14.2. The molecular weight excluding hydrogens is 606 g/mol. The Hall–Kier alpha value is -3.53. The number of para-hydroxylation sites is 2. The van der Waals surface area contributed by atoms with Crippen LogP contribution in [0.15, 0.2) is 84.0 Å². The van der Waals surface area contributed by atoms with Crippen LogP contribution in [0.3, 0.4) is 0 Å². The van der Waals surface area contributed by atoms with Crippen LogP contribution < -0.4 is 14.7 Å². The Morgan fingerprint density at radius 3 is 2.14 bits per heavy atom. The lowest BCUT2D eigenvalue weighted by atomic mass is 10.1. The van der Waals surface area contributed by atoms with Crippen LogP contribution in [0.2, 0.25) is 10.2 Å². The molecule has 1 aromatic heterocycles. The van der Waals surface area contributed by atoms with E-state index >= 15 is 0 Å². The van der Waals surface area contributed by atoms with Crippen LogP contribution in [0, 0.1) is 5.82 Å². The average Bonchev–Trinajstić information content (AvgIpc) is 3.04. The third kappa shape index (κ3) is 7.00. The third-order valence-electron chi connectivity index (χ3n) is 7.76. The maximum absolute atomic E-state index is 14.2. The van der Waals surface area contributed by atoms with Crippen LogP contribution in [0.4, 0.5) is 21.6 Å². The summed E-state index contributed by atoms with van der Waals surface area (Å²) in [6.07, 6.45) is 0. The first-order valence-corrected chi connectivity index (χ1v) is 16.0. The molecule has 0 aliphatic carbocycles. The molecule has 3 aromatic carbocycles. The highest BCUT2D eigenvalue weighted by Crippen LogP contribution is 2.29. The van der Waals surface area contributed by atoms with Gasteiger partial charge in [0.15, 0.2) is 5.16 Å². The van der Waals surface area contributed by atoms with E-state index in [4.69, 9.17) is 28.2 Å². The van der Waals surface area contributed by atoms with E-state index in [-0.39, 0.29) is 11.7 Å². The second kappa shape index (κ2) is 13.4. The van der Waals surface area contributed by atoms with Crippen LogP contribution >= 0.6 is 35.0 Å². The van der Waals surface area contributed by atoms with Crippen LogP contribution in [0.1, 0.15) is 15.9 Å². The summed E-state index contributed by atoms with van der Waals surface area (Å²) in [5.74, 6) is 1.15. The van der Waals surface area contributed by atoms with E-state index in [1.54, 1.807) is 12.1 Å². The number of rotatable bonds is 7. The van der Waals surface area contributed by atoms with Crippen LogP contribution in [-0.2, 0) is 5.75 Å². The normalized spacial score (nSPS) is 15.6. The summed E-state index contributed by atoms with van der Waals surface area (Å²) < 4.78 is 14.2. The van der Waals surface area contributed by atoms with E-state index in [9.17, 15) is 9.18 Å². The van der Waals surface area contributed by atoms with Gasteiger partial charge in [-0.3, -0.25) is 4.79 Å². The number of carbonyl (C=O) groups is 1. The summed E-state index contributed by atoms with van der Waals surface area (Å²) in [7, 11) is 0. The van der Waals surface area contributed by atoms with Crippen molar-refractivity contribution in [3.05, 3.63) is 106 Å². The van der Waals surface area contributed by atoms with Gasteiger partial charge in [-0.05, 0) is 42.0 Å². The summed E-state index contributed by atoms with van der Waals surface area (Å²) >= 11 is 14.3. The number of benzene rings is 3. The zero-order chi connectivity index (χ0) is 29.8. The van der Waals surface area contributed by atoms with Crippen molar-refractivity contribution in [1.29, 1.82) is 0 Å². The topological polar surface area (TPSA) is 55.8 Å². The number of hydrogen-bond donors (Lipinski definition) is 0. The molecule has 0 radical (unpaired) electrons. The van der Waals surface area contributed by atoms with Gasteiger partial charge in [-0.25, -0.2) is 14.4 Å². The van der Waals surface area contributed by atoms with Crippen molar-refractivity contribution in [1.82, 2.24) is 14.9 Å². The number of halogens is 3. The molecule has 0 N–H and O–H groups in total. The molecule has 0 atom stereocenters. The number of anilines is 3. The summed E-state index contributed by atoms with van der Waals surface area (Å²) in [6, 6.07) is 24.2. The highest BCUT2D eigenvalue weighted by atomic mass is 35.5. The lowest BCUT2D eigenvalue weighted by molar-refractivity contribution is 0.0746. The number of amides is 1. The lowest BCUT2D eigenvalue weighted by Gasteiger charge is -2.37. The van der Waals surface area contributed by atoms with Crippen molar-refractivity contribution < 1.29 is 9.18 Å². The fourth-order valence-corrected chi connectivity index (χ4v) is 6.76. The molecule has 2 aliphatic rings. The molecule has 222 valence electrons. The molecule has 2 fully saturated rings. The Bertz CT molecular complexity index is 1590. The first kappa shape index (κ1) is 29.5. The number of carbonyl (C=O) groups excluding carboxylic acids is 1. The van der Waals surface area contributed by atoms with Crippen molar-refractivity contribution >= 4 is 58.1 Å². The van der Waals surface area contributed by atoms with Gasteiger partial charge in [0.05, 0.1) is 16.4 Å². The van der Waals surface area contributed by atoms with Gasteiger partial charge in [-0.1, -0.05) is 71.4 Å². The monoisotopic (exact) mass is 636 g/mol. The number of nitrogens with zero attached hydrogens (tertiary/aromatic N) is 6. The van der Waals surface area contributed by atoms with Crippen LogP contribution in [-0.4, -0.2) is 73.1 Å². The number of piperazine rings is 2. The molecule has 0 spiro atoms. The lowest BCUT2D eigenvalue weighted by Crippen LogP contribution is -2.49. The SMILES string of the molecule is O=C(c1cccc(CSc2nc(Cl)cc(N3CCN(c4ccccc4Cl)CC3)n2)c1)N1CCN(c2ccccc2F)CC1. The van der Waals surface area contributed by atoms with Crippen molar-refractivity contribution in [2.45, 2.75) is 10.9 Å². The smallest absolute Gasteiger partial charge is 0.253 e.